The maximum absolute atomic E-state index is 12.9. The second-order valence-electron chi connectivity index (χ2n) is 5.11. The van der Waals surface area contributed by atoms with Crippen LogP contribution in [0.2, 0.25) is 0 Å². The van der Waals surface area contributed by atoms with E-state index in [1.165, 1.54) is 18.3 Å². The summed E-state index contributed by atoms with van der Waals surface area (Å²) in [7, 11) is 0. The van der Waals surface area contributed by atoms with Crippen molar-refractivity contribution in [3.8, 4) is 5.75 Å². The van der Waals surface area contributed by atoms with Crippen LogP contribution in [0.4, 0.5) is 9.18 Å². The summed E-state index contributed by atoms with van der Waals surface area (Å²) in [5, 5.41) is 3.77. The summed E-state index contributed by atoms with van der Waals surface area (Å²) in [5.41, 5.74) is 11.0. The summed E-state index contributed by atoms with van der Waals surface area (Å²) in [4.78, 5) is 10.6. The lowest BCUT2D eigenvalue weighted by atomic mass is 10.0. The molecule has 0 aliphatic carbocycles. The average Bonchev–Trinajstić information content (AvgIpc) is 2.49. The Bertz CT molecular complexity index is 727. The van der Waals surface area contributed by atoms with E-state index in [1.54, 1.807) is 12.1 Å². The predicted octanol–water partition coefficient (Wildman–Crippen LogP) is 3.02. The third kappa shape index (κ3) is 4.81. The van der Waals surface area contributed by atoms with Gasteiger partial charge in [0.05, 0.1) is 6.21 Å². The summed E-state index contributed by atoms with van der Waals surface area (Å²) in [5.74, 6) is 0.293. The van der Waals surface area contributed by atoms with Gasteiger partial charge in [0.1, 0.15) is 18.2 Å². The molecule has 120 valence electrons. The molecule has 2 rings (SSSR count). The first-order valence-corrected chi connectivity index (χ1v) is 7.02. The van der Waals surface area contributed by atoms with Gasteiger partial charge in [-0.25, -0.2) is 14.6 Å². The van der Waals surface area contributed by atoms with Crippen molar-refractivity contribution in [2.45, 2.75) is 20.5 Å². The molecule has 0 atom stereocenters. The number of nitrogens with one attached hydrogen (secondary N) is 1. The number of carbonyl (C=O) groups excluding carboxylic acids is 1. The Hall–Kier alpha value is -2.89. The number of urea groups is 1. The number of amides is 2. The molecular formula is C17H18FN3O2. The maximum atomic E-state index is 12.9. The molecule has 6 heteroatoms. The molecule has 0 saturated carbocycles. The van der Waals surface area contributed by atoms with Gasteiger partial charge in [-0.15, -0.1) is 0 Å². The molecule has 0 fully saturated rings. The number of nitrogens with two attached hydrogens (primary N) is 1. The lowest BCUT2D eigenvalue weighted by Crippen LogP contribution is -2.24. The van der Waals surface area contributed by atoms with Gasteiger partial charge in [-0.3, -0.25) is 0 Å². The van der Waals surface area contributed by atoms with Gasteiger partial charge in [0.25, 0.3) is 0 Å². The van der Waals surface area contributed by atoms with Crippen LogP contribution in [0.25, 0.3) is 0 Å². The molecular weight excluding hydrogens is 297 g/mol. The Kier molecular flexibility index (Phi) is 5.30. The van der Waals surface area contributed by atoms with Crippen molar-refractivity contribution in [2.75, 3.05) is 0 Å². The zero-order chi connectivity index (χ0) is 16.8. The molecule has 0 aromatic heterocycles. The summed E-state index contributed by atoms with van der Waals surface area (Å²) < 4.78 is 18.5. The molecule has 0 bridgehead atoms. The van der Waals surface area contributed by atoms with E-state index in [1.807, 2.05) is 26.0 Å². The fourth-order valence-corrected chi connectivity index (χ4v) is 2.07. The number of hydrogen-bond donors (Lipinski definition) is 2. The third-order valence-corrected chi connectivity index (χ3v) is 3.31. The number of hydrazone groups is 1. The molecule has 0 spiro atoms. The van der Waals surface area contributed by atoms with Crippen LogP contribution in [0.5, 0.6) is 5.75 Å². The quantitative estimate of drug-likeness (QED) is 0.657. The van der Waals surface area contributed by atoms with Crippen LogP contribution in [0.3, 0.4) is 0 Å². The monoisotopic (exact) mass is 315 g/mol. The van der Waals surface area contributed by atoms with E-state index in [-0.39, 0.29) is 5.82 Å². The summed E-state index contributed by atoms with van der Waals surface area (Å²) >= 11 is 0. The molecule has 0 aliphatic heterocycles. The number of ether oxygens (including phenoxy) is 1. The number of rotatable bonds is 5. The highest BCUT2D eigenvalue weighted by atomic mass is 19.1. The van der Waals surface area contributed by atoms with E-state index in [2.05, 4.69) is 10.5 Å². The molecule has 5 nitrogen and oxygen atoms in total. The number of primary amides is 1. The normalized spacial score (nSPS) is 10.7. The summed E-state index contributed by atoms with van der Waals surface area (Å²) in [6.45, 7) is 4.28. The van der Waals surface area contributed by atoms with Crippen LogP contribution in [0, 0.1) is 19.7 Å². The van der Waals surface area contributed by atoms with E-state index in [0.717, 1.165) is 22.3 Å². The molecule has 2 aromatic rings. The first kappa shape index (κ1) is 16.5. The second-order valence-corrected chi connectivity index (χ2v) is 5.11. The zero-order valence-corrected chi connectivity index (χ0v) is 13.0. The average molecular weight is 315 g/mol. The highest BCUT2D eigenvalue weighted by molar-refractivity contribution is 5.83. The number of benzene rings is 2. The van der Waals surface area contributed by atoms with Gasteiger partial charge in [0.2, 0.25) is 0 Å². The topological polar surface area (TPSA) is 76.7 Å². The number of nitrogens with zero attached hydrogens (tertiary/aromatic N) is 1. The molecule has 2 amide bonds. The Morgan fingerprint density at radius 3 is 2.61 bits per heavy atom. The van der Waals surface area contributed by atoms with Gasteiger partial charge in [-0.1, -0.05) is 6.07 Å². The largest absolute Gasteiger partial charge is 0.489 e. The van der Waals surface area contributed by atoms with Crippen LogP contribution in [-0.2, 0) is 6.61 Å². The van der Waals surface area contributed by atoms with E-state index in [0.29, 0.717) is 12.4 Å². The minimum atomic E-state index is -0.717. The van der Waals surface area contributed by atoms with E-state index in [4.69, 9.17) is 10.5 Å². The second kappa shape index (κ2) is 7.40. The molecule has 0 saturated heterocycles. The predicted molar refractivity (Wildman–Crippen MR) is 87.0 cm³/mol. The van der Waals surface area contributed by atoms with E-state index in [9.17, 15) is 9.18 Å². The van der Waals surface area contributed by atoms with Gasteiger partial charge < -0.3 is 10.5 Å². The number of hydrogen-bond acceptors (Lipinski definition) is 3. The lowest BCUT2D eigenvalue weighted by Gasteiger charge is -2.11. The van der Waals surface area contributed by atoms with Crippen LogP contribution >= 0.6 is 0 Å². The van der Waals surface area contributed by atoms with E-state index < -0.39 is 6.03 Å². The Morgan fingerprint density at radius 1 is 1.26 bits per heavy atom. The number of carbonyl (C=O) groups is 1. The van der Waals surface area contributed by atoms with Crippen LogP contribution in [0.1, 0.15) is 22.3 Å². The standard InChI is InChI=1S/C17H18FN3O2/c1-11-7-12(2)14(8-13(11)9-20-21-17(19)22)10-23-16-5-3-15(18)4-6-16/h3-9H,10H2,1-2H3,(H3,19,21,22)/b20-9+. The molecule has 0 unspecified atom stereocenters. The fraction of sp³-hybridized carbons (Fsp3) is 0.176. The fourth-order valence-electron chi connectivity index (χ4n) is 2.07. The SMILES string of the molecule is Cc1cc(C)c(COc2ccc(F)cc2)cc1/C=N/NC(N)=O. The first-order valence-electron chi connectivity index (χ1n) is 7.02. The Labute approximate surface area is 134 Å². The molecule has 0 radical (unpaired) electrons. The molecule has 23 heavy (non-hydrogen) atoms. The lowest BCUT2D eigenvalue weighted by molar-refractivity contribution is 0.249. The van der Waals surface area contributed by atoms with Crippen molar-refractivity contribution in [1.29, 1.82) is 0 Å². The smallest absolute Gasteiger partial charge is 0.332 e. The van der Waals surface area contributed by atoms with Crippen molar-refractivity contribution in [1.82, 2.24) is 5.43 Å². The minimum absolute atomic E-state index is 0.302. The van der Waals surface area contributed by atoms with Gasteiger partial charge in [0.15, 0.2) is 0 Å². The molecule has 3 N–H and O–H groups in total. The molecule has 0 heterocycles. The van der Waals surface area contributed by atoms with Crippen molar-refractivity contribution in [3.05, 3.63) is 64.5 Å². The van der Waals surface area contributed by atoms with Crippen LogP contribution in [0.15, 0.2) is 41.5 Å². The van der Waals surface area contributed by atoms with Crippen LogP contribution in [-0.4, -0.2) is 12.2 Å². The minimum Gasteiger partial charge on any atom is -0.489 e. The van der Waals surface area contributed by atoms with Crippen molar-refractivity contribution < 1.29 is 13.9 Å². The Morgan fingerprint density at radius 2 is 1.96 bits per heavy atom. The molecule has 0 aliphatic rings. The number of halogens is 1. The number of aryl methyl sites for hydroxylation is 2. The summed E-state index contributed by atoms with van der Waals surface area (Å²) in [6.07, 6.45) is 1.53. The summed E-state index contributed by atoms with van der Waals surface area (Å²) in [6, 6.07) is 9.09. The highest BCUT2D eigenvalue weighted by Gasteiger charge is 2.05. The zero-order valence-electron chi connectivity index (χ0n) is 13.0. The first-order chi connectivity index (χ1) is 11.0. The van der Waals surface area contributed by atoms with Gasteiger partial charge >= 0.3 is 6.03 Å². The van der Waals surface area contributed by atoms with Crippen molar-refractivity contribution in [3.63, 3.8) is 0 Å². The maximum Gasteiger partial charge on any atom is 0.332 e. The van der Waals surface area contributed by atoms with Crippen molar-refractivity contribution in [2.24, 2.45) is 10.8 Å². The van der Waals surface area contributed by atoms with E-state index >= 15 is 0 Å². The van der Waals surface area contributed by atoms with Crippen molar-refractivity contribution >= 4 is 12.2 Å². The van der Waals surface area contributed by atoms with Gasteiger partial charge in [0, 0.05) is 0 Å². The highest BCUT2D eigenvalue weighted by Crippen LogP contribution is 2.18. The third-order valence-electron chi connectivity index (χ3n) is 3.31. The van der Waals surface area contributed by atoms with Crippen LogP contribution < -0.4 is 15.9 Å². The van der Waals surface area contributed by atoms with Gasteiger partial charge in [-0.2, -0.15) is 5.10 Å². The van der Waals surface area contributed by atoms with Gasteiger partial charge in [-0.05, 0) is 66.4 Å². The molecule has 2 aromatic carbocycles. The Balaban J connectivity index is 2.13.